The lowest BCUT2D eigenvalue weighted by Crippen LogP contribution is -2.56. The average Bonchev–Trinajstić information content (AvgIpc) is 3.53. The number of halogens is 3. The molecule has 2 aliphatic rings. The van der Waals surface area contributed by atoms with Crippen LogP contribution in [-0.4, -0.2) is 56.7 Å². The van der Waals surface area contributed by atoms with Crippen molar-refractivity contribution >= 4 is 17.0 Å². The molecule has 1 saturated heterocycles. The van der Waals surface area contributed by atoms with E-state index in [-0.39, 0.29) is 22.9 Å². The topological polar surface area (TPSA) is 49.9 Å². The smallest absolute Gasteiger partial charge is 0.416 e. The molecule has 0 amide bonds. The van der Waals surface area contributed by atoms with Gasteiger partial charge >= 0.3 is 12.1 Å². The third kappa shape index (κ3) is 5.06. The molecule has 0 radical (unpaired) electrons. The van der Waals surface area contributed by atoms with Crippen LogP contribution in [0.1, 0.15) is 52.0 Å². The van der Waals surface area contributed by atoms with Gasteiger partial charge in [0.25, 0.3) is 0 Å². The largest absolute Gasteiger partial charge is 0.465 e. The molecule has 0 bridgehead atoms. The van der Waals surface area contributed by atoms with Crippen molar-refractivity contribution in [1.29, 1.82) is 0 Å². The van der Waals surface area contributed by atoms with Crippen LogP contribution in [0.5, 0.6) is 0 Å². The SMILES string of the molecule is CCOC(=O)C(C)(C)N1CCC(N(C2CC2)S(=O)c2cccc(C(F)(F)F)c2)CC1. The number of likely N-dealkylation sites (tertiary alicyclic amines) is 1. The van der Waals surface area contributed by atoms with E-state index in [9.17, 15) is 22.2 Å². The Morgan fingerprint density at radius 2 is 1.77 bits per heavy atom. The minimum absolute atomic E-state index is 0.00196. The standard InChI is InChI=1S/C21H29F3N2O3S/c1-4-29-19(27)20(2,3)25-12-10-17(11-13-25)26(16-8-9-16)30(28)18-7-5-6-15(14-18)21(22,23)24/h5-7,14,16-17H,4,8-13H2,1-3H3. The molecule has 1 aliphatic carbocycles. The van der Waals surface area contributed by atoms with E-state index in [0.717, 1.165) is 25.0 Å². The second-order valence-electron chi connectivity index (χ2n) is 8.36. The Labute approximate surface area is 178 Å². The number of carbonyl (C=O) groups excluding carboxylic acids is 1. The monoisotopic (exact) mass is 446 g/mol. The molecule has 1 aromatic carbocycles. The molecule has 0 aromatic heterocycles. The predicted molar refractivity (Wildman–Crippen MR) is 108 cm³/mol. The normalized spacial score (nSPS) is 20.4. The summed E-state index contributed by atoms with van der Waals surface area (Å²) in [7, 11) is -1.65. The lowest BCUT2D eigenvalue weighted by atomic mass is 9.96. The third-order valence-electron chi connectivity index (χ3n) is 5.85. The van der Waals surface area contributed by atoms with Crippen LogP contribution in [0, 0.1) is 0 Å². The molecule has 9 heteroatoms. The number of benzene rings is 1. The first-order chi connectivity index (χ1) is 14.1. The van der Waals surface area contributed by atoms with E-state index >= 15 is 0 Å². The molecule has 168 valence electrons. The highest BCUT2D eigenvalue weighted by Crippen LogP contribution is 2.37. The van der Waals surface area contributed by atoms with Gasteiger partial charge in [0.05, 0.1) is 17.1 Å². The van der Waals surface area contributed by atoms with Crippen LogP contribution < -0.4 is 0 Å². The number of hydrogen-bond donors (Lipinski definition) is 0. The molecule has 1 aromatic rings. The van der Waals surface area contributed by atoms with Gasteiger partial charge in [0.15, 0.2) is 0 Å². The van der Waals surface area contributed by atoms with Crippen LogP contribution in [0.4, 0.5) is 13.2 Å². The van der Waals surface area contributed by atoms with Gasteiger partial charge in [-0.15, -0.1) is 0 Å². The van der Waals surface area contributed by atoms with Gasteiger partial charge in [0.2, 0.25) is 0 Å². The number of alkyl halides is 3. The Morgan fingerprint density at radius 3 is 2.30 bits per heavy atom. The zero-order valence-corrected chi connectivity index (χ0v) is 18.4. The highest BCUT2D eigenvalue weighted by molar-refractivity contribution is 7.82. The van der Waals surface area contributed by atoms with Gasteiger partial charge in [-0.2, -0.15) is 13.2 Å². The van der Waals surface area contributed by atoms with Gasteiger partial charge < -0.3 is 4.74 Å². The lowest BCUT2D eigenvalue weighted by Gasteiger charge is -2.43. The van der Waals surface area contributed by atoms with Crippen molar-refractivity contribution in [3.05, 3.63) is 29.8 Å². The second kappa shape index (κ2) is 8.96. The van der Waals surface area contributed by atoms with Crippen LogP contribution >= 0.6 is 0 Å². The van der Waals surface area contributed by atoms with E-state index in [1.807, 2.05) is 18.2 Å². The van der Waals surface area contributed by atoms with Gasteiger partial charge in [-0.1, -0.05) is 6.07 Å². The van der Waals surface area contributed by atoms with Crippen molar-refractivity contribution in [2.24, 2.45) is 0 Å². The lowest BCUT2D eigenvalue weighted by molar-refractivity contribution is -0.156. The minimum atomic E-state index is -4.46. The summed E-state index contributed by atoms with van der Waals surface area (Å²) in [6, 6.07) is 4.94. The van der Waals surface area contributed by atoms with Gasteiger partial charge in [-0.3, -0.25) is 9.69 Å². The van der Waals surface area contributed by atoms with Crippen LogP contribution in [0.25, 0.3) is 0 Å². The number of nitrogens with zero attached hydrogens (tertiary/aromatic N) is 2. The number of carbonyl (C=O) groups is 1. The molecular weight excluding hydrogens is 417 g/mol. The Bertz CT molecular complexity index is 788. The van der Waals surface area contributed by atoms with Gasteiger partial charge in [-0.25, -0.2) is 8.51 Å². The molecular formula is C21H29F3N2O3S. The predicted octanol–water partition coefficient (Wildman–Crippen LogP) is 4.00. The number of esters is 1. The third-order valence-corrected chi connectivity index (χ3v) is 7.49. The molecule has 1 atom stereocenters. The van der Waals surface area contributed by atoms with Crippen LogP contribution in [-0.2, 0) is 26.7 Å². The van der Waals surface area contributed by atoms with Gasteiger partial charge in [0.1, 0.15) is 16.5 Å². The second-order valence-corrected chi connectivity index (χ2v) is 9.75. The van der Waals surface area contributed by atoms with Crippen molar-refractivity contribution in [3.8, 4) is 0 Å². The van der Waals surface area contributed by atoms with Crippen LogP contribution in [0.15, 0.2) is 29.2 Å². The highest BCUT2D eigenvalue weighted by Gasteiger charge is 2.43. The maximum absolute atomic E-state index is 13.3. The van der Waals surface area contributed by atoms with E-state index in [1.165, 1.54) is 12.1 Å². The maximum Gasteiger partial charge on any atom is 0.416 e. The summed E-state index contributed by atoms with van der Waals surface area (Å²) >= 11 is 0. The van der Waals surface area contributed by atoms with Crippen molar-refractivity contribution in [3.63, 3.8) is 0 Å². The fourth-order valence-corrected chi connectivity index (χ4v) is 5.55. The molecule has 0 spiro atoms. The minimum Gasteiger partial charge on any atom is -0.465 e. The number of ether oxygens (including phenoxy) is 1. The maximum atomic E-state index is 13.3. The first-order valence-corrected chi connectivity index (χ1v) is 11.5. The van der Waals surface area contributed by atoms with E-state index in [2.05, 4.69) is 4.90 Å². The Morgan fingerprint density at radius 1 is 1.17 bits per heavy atom. The molecule has 30 heavy (non-hydrogen) atoms. The summed E-state index contributed by atoms with van der Waals surface area (Å²) in [4.78, 5) is 14.5. The fourth-order valence-electron chi connectivity index (χ4n) is 3.92. The molecule has 2 fully saturated rings. The molecule has 5 nitrogen and oxygen atoms in total. The van der Waals surface area contributed by atoms with E-state index in [4.69, 9.17) is 4.74 Å². The first-order valence-electron chi connectivity index (χ1n) is 10.4. The molecule has 1 saturated carbocycles. The fraction of sp³-hybridized carbons (Fsp3) is 0.667. The van der Waals surface area contributed by atoms with Crippen LogP contribution in [0.3, 0.4) is 0 Å². The van der Waals surface area contributed by atoms with E-state index < -0.39 is 28.3 Å². The molecule has 3 rings (SSSR count). The van der Waals surface area contributed by atoms with E-state index in [0.29, 0.717) is 32.5 Å². The average molecular weight is 447 g/mol. The molecule has 1 unspecified atom stereocenters. The Kier molecular flexibility index (Phi) is 6.94. The molecule has 1 aliphatic heterocycles. The van der Waals surface area contributed by atoms with Crippen molar-refractivity contribution in [2.45, 2.75) is 75.1 Å². The molecule has 0 N–H and O–H groups in total. The van der Waals surface area contributed by atoms with Gasteiger partial charge in [0, 0.05) is 25.2 Å². The molecule has 1 heterocycles. The first kappa shape index (κ1) is 23.2. The summed E-state index contributed by atoms with van der Waals surface area (Å²) in [5.74, 6) is -0.268. The summed E-state index contributed by atoms with van der Waals surface area (Å²) in [5, 5.41) is 0. The Hall–Kier alpha value is -1.45. The number of rotatable bonds is 7. The van der Waals surface area contributed by atoms with Crippen molar-refractivity contribution < 1.29 is 26.9 Å². The zero-order chi connectivity index (χ0) is 22.1. The summed E-state index contributed by atoms with van der Waals surface area (Å²) in [6.45, 7) is 7.05. The Balaban J connectivity index is 1.72. The summed E-state index contributed by atoms with van der Waals surface area (Å²) in [6.07, 6.45) is -1.26. The summed E-state index contributed by atoms with van der Waals surface area (Å²) < 4.78 is 59.6. The quantitative estimate of drug-likeness (QED) is 0.594. The van der Waals surface area contributed by atoms with E-state index in [1.54, 1.807) is 6.92 Å². The summed E-state index contributed by atoms with van der Waals surface area (Å²) in [5.41, 5.74) is -1.53. The zero-order valence-electron chi connectivity index (χ0n) is 17.6. The van der Waals surface area contributed by atoms with Crippen molar-refractivity contribution in [1.82, 2.24) is 9.21 Å². The number of hydrogen-bond acceptors (Lipinski definition) is 4. The van der Waals surface area contributed by atoms with Crippen molar-refractivity contribution in [2.75, 3.05) is 19.7 Å². The van der Waals surface area contributed by atoms with Gasteiger partial charge in [-0.05, 0) is 64.7 Å². The van der Waals surface area contributed by atoms with Crippen LogP contribution in [0.2, 0.25) is 0 Å². The number of piperidine rings is 1. The highest BCUT2D eigenvalue weighted by atomic mass is 32.2.